The molecular weight excluding hydrogens is 278 g/mol. The minimum absolute atomic E-state index is 0.301. The maximum Gasteiger partial charge on any atom is 0.331 e. The third-order valence-electron chi connectivity index (χ3n) is 3.48. The highest BCUT2D eigenvalue weighted by atomic mass is 16.4. The van der Waals surface area contributed by atoms with Gasteiger partial charge in [0, 0.05) is 23.9 Å². The first-order chi connectivity index (χ1) is 10.6. The summed E-state index contributed by atoms with van der Waals surface area (Å²) in [7, 11) is 0. The van der Waals surface area contributed by atoms with Crippen LogP contribution in [-0.2, 0) is 17.6 Å². The Hall–Kier alpha value is -2.40. The van der Waals surface area contributed by atoms with Crippen molar-refractivity contribution in [1.29, 1.82) is 0 Å². The normalized spacial score (nSPS) is 11.6. The summed E-state index contributed by atoms with van der Waals surface area (Å²) >= 11 is 0. The molecule has 5 heteroatoms. The number of nitrogens with two attached hydrogens (primary N) is 1. The summed E-state index contributed by atoms with van der Waals surface area (Å²) in [6.45, 7) is 2.56. The highest BCUT2D eigenvalue weighted by Gasteiger charge is 2.10. The van der Waals surface area contributed by atoms with E-state index in [2.05, 4.69) is 24.0 Å². The lowest BCUT2D eigenvalue weighted by atomic mass is 10.1. The summed E-state index contributed by atoms with van der Waals surface area (Å²) in [5.74, 6) is -0.921. The van der Waals surface area contributed by atoms with Gasteiger partial charge in [0.1, 0.15) is 0 Å². The Balaban J connectivity index is 2.14. The van der Waals surface area contributed by atoms with Gasteiger partial charge < -0.3 is 15.4 Å². The number of rotatable bonds is 7. The zero-order chi connectivity index (χ0) is 15.9. The third-order valence-corrected chi connectivity index (χ3v) is 3.48. The summed E-state index contributed by atoms with van der Waals surface area (Å²) in [4.78, 5) is 15.5. The molecule has 22 heavy (non-hydrogen) atoms. The molecular formula is C17H21N3O2. The van der Waals surface area contributed by atoms with E-state index in [0.717, 1.165) is 17.8 Å². The predicted molar refractivity (Wildman–Crippen MR) is 86.0 cm³/mol. The van der Waals surface area contributed by atoms with Crippen LogP contribution in [0.1, 0.15) is 24.6 Å². The number of benzene rings is 1. The minimum Gasteiger partial charge on any atom is -0.478 e. The summed E-state index contributed by atoms with van der Waals surface area (Å²) in [6.07, 6.45) is 7.09. The molecule has 0 aliphatic rings. The Morgan fingerprint density at radius 1 is 1.36 bits per heavy atom. The van der Waals surface area contributed by atoms with Gasteiger partial charge in [0.15, 0.2) is 0 Å². The van der Waals surface area contributed by atoms with E-state index in [0.29, 0.717) is 25.0 Å². The van der Waals surface area contributed by atoms with E-state index in [9.17, 15) is 9.90 Å². The van der Waals surface area contributed by atoms with Gasteiger partial charge in [-0.05, 0) is 37.1 Å². The third kappa shape index (κ3) is 4.05. The van der Waals surface area contributed by atoms with E-state index in [-0.39, 0.29) is 0 Å². The van der Waals surface area contributed by atoms with Gasteiger partial charge in [0.05, 0.1) is 12.0 Å². The lowest BCUT2D eigenvalue weighted by molar-refractivity contribution is -0.132. The SMILES string of the molecule is CCc1ccc(-n2cnc(C/C(=C/CCN)C(=O)O)c2)cc1. The Morgan fingerprint density at radius 3 is 2.68 bits per heavy atom. The standard InChI is InChI=1S/C17H21N3O2/c1-2-13-5-7-16(8-6-13)20-11-15(19-12-20)10-14(17(21)22)4-3-9-18/h4-8,11-12H,2-3,9-10,18H2,1H3,(H,21,22)/b14-4-. The first-order valence-corrected chi connectivity index (χ1v) is 7.38. The Bertz CT molecular complexity index is 657. The van der Waals surface area contributed by atoms with Crippen LogP contribution in [0.3, 0.4) is 0 Å². The van der Waals surface area contributed by atoms with E-state index in [1.807, 2.05) is 22.9 Å². The fraction of sp³-hybridized carbons (Fsp3) is 0.294. The van der Waals surface area contributed by atoms with Crippen molar-refractivity contribution in [1.82, 2.24) is 9.55 Å². The molecule has 3 N–H and O–H groups in total. The summed E-state index contributed by atoms with van der Waals surface area (Å²) in [5, 5.41) is 9.20. The number of aromatic nitrogens is 2. The maximum atomic E-state index is 11.2. The highest BCUT2D eigenvalue weighted by molar-refractivity contribution is 5.86. The quantitative estimate of drug-likeness (QED) is 0.769. The van der Waals surface area contributed by atoms with E-state index in [1.165, 1.54) is 5.56 Å². The van der Waals surface area contributed by atoms with Gasteiger partial charge in [0.2, 0.25) is 0 Å². The number of hydrogen-bond donors (Lipinski definition) is 2. The van der Waals surface area contributed by atoms with Crippen molar-refractivity contribution in [3.05, 3.63) is 59.7 Å². The number of hydrogen-bond acceptors (Lipinski definition) is 3. The van der Waals surface area contributed by atoms with Gasteiger partial charge in [-0.3, -0.25) is 0 Å². The molecule has 1 aromatic heterocycles. The molecule has 116 valence electrons. The van der Waals surface area contributed by atoms with Crippen LogP contribution < -0.4 is 5.73 Å². The van der Waals surface area contributed by atoms with Crippen molar-refractivity contribution < 1.29 is 9.90 Å². The van der Waals surface area contributed by atoms with Gasteiger partial charge in [-0.1, -0.05) is 25.1 Å². The van der Waals surface area contributed by atoms with Crippen LogP contribution in [0.5, 0.6) is 0 Å². The highest BCUT2D eigenvalue weighted by Crippen LogP contribution is 2.13. The summed E-state index contributed by atoms with van der Waals surface area (Å²) < 4.78 is 1.90. The number of carboxylic acids is 1. The molecule has 0 unspecified atom stereocenters. The second kappa shape index (κ2) is 7.56. The van der Waals surface area contributed by atoms with Gasteiger partial charge in [0.25, 0.3) is 0 Å². The fourth-order valence-corrected chi connectivity index (χ4v) is 2.19. The van der Waals surface area contributed by atoms with Crippen LogP contribution in [0.4, 0.5) is 0 Å². The minimum atomic E-state index is -0.921. The van der Waals surface area contributed by atoms with Crippen LogP contribution in [-0.4, -0.2) is 27.2 Å². The molecule has 1 aromatic carbocycles. The average molecular weight is 299 g/mol. The predicted octanol–water partition coefficient (Wildman–Crippen LogP) is 2.34. The second-order valence-electron chi connectivity index (χ2n) is 5.08. The van der Waals surface area contributed by atoms with Crippen LogP contribution in [0.25, 0.3) is 5.69 Å². The molecule has 5 nitrogen and oxygen atoms in total. The van der Waals surface area contributed by atoms with Crippen molar-refractivity contribution in [3.63, 3.8) is 0 Å². The van der Waals surface area contributed by atoms with Gasteiger partial charge in [-0.2, -0.15) is 0 Å². The van der Waals surface area contributed by atoms with E-state index >= 15 is 0 Å². The van der Waals surface area contributed by atoms with E-state index in [4.69, 9.17) is 5.73 Å². The van der Waals surface area contributed by atoms with Crippen molar-refractivity contribution in [2.75, 3.05) is 6.54 Å². The lowest BCUT2D eigenvalue weighted by Gasteiger charge is -2.03. The fourth-order valence-electron chi connectivity index (χ4n) is 2.19. The number of nitrogens with zero attached hydrogens (tertiary/aromatic N) is 2. The Kier molecular flexibility index (Phi) is 5.49. The van der Waals surface area contributed by atoms with Gasteiger partial charge in [-0.25, -0.2) is 9.78 Å². The zero-order valence-corrected chi connectivity index (χ0v) is 12.7. The molecule has 0 fully saturated rings. The number of carbonyl (C=O) groups is 1. The van der Waals surface area contributed by atoms with Crippen LogP contribution in [0, 0.1) is 0 Å². The van der Waals surface area contributed by atoms with E-state index in [1.54, 1.807) is 12.4 Å². The molecule has 0 spiro atoms. The number of aliphatic carboxylic acids is 1. The van der Waals surface area contributed by atoms with E-state index < -0.39 is 5.97 Å². The molecule has 2 aromatic rings. The molecule has 0 amide bonds. The van der Waals surface area contributed by atoms with Crippen molar-refractivity contribution in [3.8, 4) is 5.69 Å². The number of aryl methyl sites for hydroxylation is 1. The van der Waals surface area contributed by atoms with Crippen LogP contribution >= 0.6 is 0 Å². The molecule has 0 atom stereocenters. The van der Waals surface area contributed by atoms with Crippen molar-refractivity contribution >= 4 is 5.97 Å². The molecule has 1 heterocycles. The molecule has 0 radical (unpaired) electrons. The molecule has 0 bridgehead atoms. The van der Waals surface area contributed by atoms with Crippen LogP contribution in [0.2, 0.25) is 0 Å². The Morgan fingerprint density at radius 2 is 2.09 bits per heavy atom. The molecule has 0 saturated heterocycles. The molecule has 2 rings (SSSR count). The first kappa shape index (κ1) is 16.0. The van der Waals surface area contributed by atoms with Gasteiger partial charge >= 0.3 is 5.97 Å². The van der Waals surface area contributed by atoms with Crippen LogP contribution in [0.15, 0.2) is 48.4 Å². The second-order valence-corrected chi connectivity index (χ2v) is 5.08. The zero-order valence-electron chi connectivity index (χ0n) is 12.7. The lowest BCUT2D eigenvalue weighted by Crippen LogP contribution is -2.06. The largest absolute Gasteiger partial charge is 0.478 e. The smallest absolute Gasteiger partial charge is 0.331 e. The summed E-state index contributed by atoms with van der Waals surface area (Å²) in [5.41, 5.74) is 8.77. The molecule has 0 saturated carbocycles. The monoisotopic (exact) mass is 299 g/mol. The molecule has 0 aliphatic heterocycles. The Labute approximate surface area is 130 Å². The number of carboxylic acid groups (broad SMARTS) is 1. The molecule has 0 aliphatic carbocycles. The summed E-state index contributed by atoms with van der Waals surface area (Å²) in [6, 6.07) is 8.23. The van der Waals surface area contributed by atoms with Gasteiger partial charge in [-0.15, -0.1) is 0 Å². The average Bonchev–Trinajstić information content (AvgIpc) is 3.00. The topological polar surface area (TPSA) is 81.1 Å². The maximum absolute atomic E-state index is 11.2. The first-order valence-electron chi connectivity index (χ1n) is 7.38. The van der Waals surface area contributed by atoms with Crippen molar-refractivity contribution in [2.45, 2.75) is 26.2 Å². The number of imidazole rings is 1. The van der Waals surface area contributed by atoms with Crippen molar-refractivity contribution in [2.24, 2.45) is 5.73 Å².